The van der Waals surface area contributed by atoms with Crippen LogP contribution in [-0.4, -0.2) is 69.1 Å². The summed E-state index contributed by atoms with van der Waals surface area (Å²) >= 11 is 0.985. The third kappa shape index (κ3) is 3.06. The molecule has 148 valence electrons. The number of carbonyl (C=O) groups is 3. The van der Waals surface area contributed by atoms with Crippen LogP contribution in [0.5, 0.6) is 0 Å². The zero-order chi connectivity index (χ0) is 20.7. The number of benzene rings is 1. The minimum Gasteiger partial charge on any atom is -0.462 e. The number of likely N-dealkylation sites (N-methyl/N-ethyl adjacent to an activating group) is 2. The van der Waals surface area contributed by atoms with E-state index in [1.54, 1.807) is 25.1 Å². The highest BCUT2D eigenvalue weighted by atomic mass is 32.1. The summed E-state index contributed by atoms with van der Waals surface area (Å²) in [7, 11) is 2.98. The smallest absolute Gasteiger partial charge is 0.352 e. The van der Waals surface area contributed by atoms with Crippen molar-refractivity contribution in [2.75, 3.05) is 20.7 Å². The Labute approximate surface area is 168 Å². The number of esters is 1. The van der Waals surface area contributed by atoms with Crippen molar-refractivity contribution in [1.29, 1.82) is 0 Å². The van der Waals surface area contributed by atoms with E-state index in [4.69, 9.17) is 4.74 Å². The normalized spacial score (nSPS) is 15.4. The zero-order valence-corrected chi connectivity index (χ0v) is 16.5. The molecule has 3 aromatic rings. The fourth-order valence-corrected chi connectivity index (χ4v) is 3.56. The number of ether oxygens (including phenoxy) is 1. The van der Waals surface area contributed by atoms with E-state index in [1.807, 2.05) is 0 Å². The third-order valence-electron chi connectivity index (χ3n) is 4.47. The average Bonchev–Trinajstić information content (AvgIpc) is 3.23. The largest absolute Gasteiger partial charge is 0.462 e. The van der Waals surface area contributed by atoms with Gasteiger partial charge in [0.15, 0.2) is 4.88 Å². The van der Waals surface area contributed by atoms with Crippen LogP contribution in [0.1, 0.15) is 16.6 Å². The lowest BCUT2D eigenvalue weighted by molar-refractivity contribution is -0.141. The van der Waals surface area contributed by atoms with Crippen molar-refractivity contribution in [3.8, 4) is 0 Å². The highest BCUT2D eigenvalue weighted by molar-refractivity contribution is 7.09. The number of nitrogens with zero attached hydrogens (tertiary/aromatic N) is 7. The first kappa shape index (κ1) is 18.8. The maximum atomic E-state index is 12.1. The lowest BCUT2D eigenvalue weighted by Crippen LogP contribution is -2.33. The summed E-state index contributed by atoms with van der Waals surface area (Å²) in [5.41, 5.74) is 1.81. The maximum absolute atomic E-state index is 12.1. The summed E-state index contributed by atoms with van der Waals surface area (Å²) in [5.74, 6) is -1.40. The van der Waals surface area contributed by atoms with E-state index >= 15 is 0 Å². The van der Waals surface area contributed by atoms with Crippen LogP contribution in [0.15, 0.2) is 28.4 Å². The predicted molar refractivity (Wildman–Crippen MR) is 103 cm³/mol. The van der Waals surface area contributed by atoms with Crippen molar-refractivity contribution in [2.45, 2.75) is 13.0 Å². The predicted octanol–water partition coefficient (Wildman–Crippen LogP) is 1.71. The van der Waals surface area contributed by atoms with Crippen LogP contribution >= 0.6 is 11.5 Å². The minimum absolute atomic E-state index is 0.243. The molecule has 4 rings (SSSR count). The lowest BCUT2D eigenvalue weighted by Gasteiger charge is -2.17. The minimum atomic E-state index is -1.20. The fourth-order valence-electron chi connectivity index (χ4n) is 2.83. The monoisotopic (exact) mass is 413 g/mol. The van der Waals surface area contributed by atoms with Gasteiger partial charge in [0.25, 0.3) is 11.8 Å². The van der Waals surface area contributed by atoms with Crippen molar-refractivity contribution in [2.24, 2.45) is 10.2 Å². The van der Waals surface area contributed by atoms with Crippen LogP contribution < -0.4 is 0 Å². The van der Waals surface area contributed by atoms with Crippen molar-refractivity contribution < 1.29 is 19.1 Å². The van der Waals surface area contributed by atoms with E-state index in [9.17, 15) is 14.4 Å². The quantitative estimate of drug-likeness (QED) is 0.361. The SMILES string of the molecule is CCOC(=O)c1snc2c1nnc1ccc(/N=N/C3C(=O)N(C)N(C)C3=O)cc12. The van der Waals surface area contributed by atoms with Crippen LogP contribution in [0, 0.1) is 0 Å². The van der Waals surface area contributed by atoms with E-state index in [0.717, 1.165) is 11.5 Å². The number of azo groups is 1. The molecule has 0 unspecified atom stereocenters. The van der Waals surface area contributed by atoms with Gasteiger partial charge < -0.3 is 4.74 Å². The molecule has 0 spiro atoms. The first-order chi connectivity index (χ1) is 13.9. The van der Waals surface area contributed by atoms with Gasteiger partial charge in [-0.2, -0.15) is 14.6 Å². The lowest BCUT2D eigenvalue weighted by atomic mass is 10.2. The summed E-state index contributed by atoms with van der Waals surface area (Å²) in [6, 6.07) is 3.78. The van der Waals surface area contributed by atoms with Gasteiger partial charge in [-0.3, -0.25) is 19.6 Å². The van der Waals surface area contributed by atoms with E-state index in [0.29, 0.717) is 27.6 Å². The molecule has 0 bridgehead atoms. The van der Waals surface area contributed by atoms with E-state index in [-0.39, 0.29) is 11.5 Å². The van der Waals surface area contributed by atoms with Crippen LogP contribution in [-0.2, 0) is 14.3 Å². The second-order valence-corrected chi connectivity index (χ2v) is 6.95. The standard InChI is InChI=1S/C17H15N7O4S/c1-4-28-17(27)14-12-11(22-29-14)9-7-8(5-6-10(9)19-20-12)18-21-13-15(25)23(2)24(3)16(13)26/h5-7,13H,4H2,1-3H3/b21-18+. The molecule has 0 radical (unpaired) electrons. The third-order valence-corrected chi connectivity index (χ3v) is 5.28. The summed E-state index contributed by atoms with van der Waals surface area (Å²) in [6.45, 7) is 1.96. The first-order valence-corrected chi connectivity index (χ1v) is 9.38. The molecular weight excluding hydrogens is 398 g/mol. The highest BCUT2D eigenvalue weighted by Crippen LogP contribution is 2.30. The van der Waals surface area contributed by atoms with Crippen molar-refractivity contribution in [3.05, 3.63) is 23.1 Å². The van der Waals surface area contributed by atoms with Crippen molar-refractivity contribution in [3.63, 3.8) is 0 Å². The van der Waals surface area contributed by atoms with Gasteiger partial charge >= 0.3 is 5.97 Å². The summed E-state index contributed by atoms with van der Waals surface area (Å²) in [5, 5.41) is 19.2. The van der Waals surface area contributed by atoms with Gasteiger partial charge in [0.2, 0.25) is 6.04 Å². The highest BCUT2D eigenvalue weighted by Gasteiger charge is 2.42. The number of hydrogen-bond acceptors (Lipinski definition) is 10. The Kier molecular flexibility index (Phi) is 4.62. The molecule has 0 saturated carbocycles. The van der Waals surface area contributed by atoms with Gasteiger partial charge in [-0.25, -0.2) is 4.79 Å². The first-order valence-electron chi connectivity index (χ1n) is 8.61. The molecule has 29 heavy (non-hydrogen) atoms. The van der Waals surface area contributed by atoms with Gasteiger partial charge in [-0.15, -0.1) is 10.2 Å². The van der Waals surface area contributed by atoms with E-state index < -0.39 is 23.8 Å². The molecule has 12 heteroatoms. The van der Waals surface area contributed by atoms with Gasteiger partial charge in [0.1, 0.15) is 11.0 Å². The Balaban J connectivity index is 1.72. The molecule has 1 saturated heterocycles. The second-order valence-electron chi connectivity index (χ2n) is 6.17. The fraction of sp³-hybridized carbons (Fsp3) is 0.294. The second kappa shape index (κ2) is 7.13. The Bertz CT molecular complexity index is 1170. The summed E-state index contributed by atoms with van der Waals surface area (Å²) in [4.78, 5) is 36.5. The topological polar surface area (TPSA) is 130 Å². The Morgan fingerprint density at radius 2 is 1.90 bits per heavy atom. The Morgan fingerprint density at radius 1 is 1.17 bits per heavy atom. The average molecular weight is 413 g/mol. The van der Waals surface area contributed by atoms with Gasteiger partial charge in [-0.05, 0) is 36.7 Å². The number of hydrogen-bond donors (Lipinski definition) is 0. The Morgan fingerprint density at radius 3 is 2.59 bits per heavy atom. The van der Waals surface area contributed by atoms with Gasteiger partial charge in [-0.1, -0.05) is 0 Å². The van der Waals surface area contributed by atoms with Gasteiger partial charge in [0, 0.05) is 19.5 Å². The molecule has 11 nitrogen and oxygen atoms in total. The maximum Gasteiger partial charge on any atom is 0.352 e. The number of amides is 2. The van der Waals surface area contributed by atoms with Crippen LogP contribution in [0.4, 0.5) is 5.69 Å². The molecule has 2 aromatic heterocycles. The molecule has 1 fully saturated rings. The van der Waals surface area contributed by atoms with E-state index in [2.05, 4.69) is 24.8 Å². The summed E-state index contributed by atoms with van der Waals surface area (Å²) < 4.78 is 9.34. The number of aromatic nitrogens is 3. The number of rotatable bonds is 4. The molecule has 1 aromatic carbocycles. The van der Waals surface area contributed by atoms with Crippen LogP contribution in [0.2, 0.25) is 0 Å². The molecule has 2 amide bonds. The zero-order valence-electron chi connectivity index (χ0n) is 15.7. The van der Waals surface area contributed by atoms with E-state index in [1.165, 1.54) is 24.1 Å². The number of hydrazine groups is 1. The molecular formula is C17H15N7O4S. The number of fused-ring (bicyclic) bond motifs is 3. The summed E-state index contributed by atoms with van der Waals surface area (Å²) in [6.07, 6.45) is 0. The molecule has 1 aliphatic rings. The van der Waals surface area contributed by atoms with Gasteiger partial charge in [0.05, 0.1) is 17.8 Å². The molecule has 1 aliphatic heterocycles. The molecule has 0 aliphatic carbocycles. The van der Waals surface area contributed by atoms with Crippen molar-refractivity contribution in [1.82, 2.24) is 24.6 Å². The Hall–Kier alpha value is -3.54. The van der Waals surface area contributed by atoms with Crippen molar-refractivity contribution >= 4 is 56.9 Å². The molecule has 3 heterocycles. The molecule has 0 atom stereocenters. The van der Waals surface area contributed by atoms with Crippen LogP contribution in [0.3, 0.4) is 0 Å². The molecule has 0 N–H and O–H groups in total. The number of carbonyl (C=O) groups excluding carboxylic acids is 3. The van der Waals surface area contributed by atoms with Crippen LogP contribution in [0.25, 0.3) is 21.9 Å².